The fourth-order valence-corrected chi connectivity index (χ4v) is 1.85. The van der Waals surface area contributed by atoms with Crippen molar-refractivity contribution in [2.45, 2.75) is 38.3 Å². The van der Waals surface area contributed by atoms with E-state index in [1.807, 2.05) is 0 Å². The minimum Gasteiger partial charge on any atom is -0.301 e. The molecule has 1 aliphatic heterocycles. The second-order valence-electron chi connectivity index (χ2n) is 4.94. The topological polar surface area (TPSA) is 30.3 Å². The average Bonchev–Trinajstić information content (AvgIpc) is 2.20. The highest BCUT2D eigenvalue weighted by atomic mass is 15.3. The van der Waals surface area contributed by atoms with Crippen molar-refractivity contribution in [3.63, 3.8) is 0 Å². The van der Waals surface area contributed by atoms with Crippen molar-refractivity contribution in [1.82, 2.24) is 9.80 Å². The van der Waals surface area contributed by atoms with Gasteiger partial charge in [-0.25, -0.2) is 0 Å². The van der Waals surface area contributed by atoms with Crippen LogP contribution in [0.4, 0.5) is 0 Å². The summed E-state index contributed by atoms with van der Waals surface area (Å²) in [5.74, 6) is 0. The fourth-order valence-electron chi connectivity index (χ4n) is 1.85. The fraction of sp³-hybridized carbons (Fsp3) is 0.909. The number of hydrogen-bond donors (Lipinski definition) is 0. The largest absolute Gasteiger partial charge is 0.301 e. The summed E-state index contributed by atoms with van der Waals surface area (Å²) in [7, 11) is 4.28. The van der Waals surface area contributed by atoms with Crippen LogP contribution in [0.5, 0.6) is 0 Å². The normalized spacial score (nSPS) is 29.5. The molecular weight excluding hydrogens is 174 g/mol. The first kappa shape index (κ1) is 11.5. The molecule has 0 bridgehead atoms. The van der Waals surface area contributed by atoms with Gasteiger partial charge in [-0.15, -0.1) is 0 Å². The van der Waals surface area contributed by atoms with Crippen LogP contribution in [0.15, 0.2) is 0 Å². The predicted molar refractivity (Wildman–Crippen MR) is 58.0 cm³/mol. The Balaban J connectivity index is 2.70. The molecule has 0 spiro atoms. The molecule has 0 aromatic carbocycles. The Morgan fingerprint density at radius 2 is 2.07 bits per heavy atom. The van der Waals surface area contributed by atoms with Gasteiger partial charge in [-0.1, -0.05) is 0 Å². The zero-order valence-corrected chi connectivity index (χ0v) is 9.75. The lowest BCUT2D eigenvalue weighted by atomic mass is 9.99. The first-order valence-electron chi connectivity index (χ1n) is 5.26. The molecule has 1 rings (SSSR count). The quantitative estimate of drug-likeness (QED) is 0.632. The molecule has 0 N–H and O–H groups in total. The van der Waals surface area contributed by atoms with Crippen LogP contribution in [0.3, 0.4) is 0 Å². The predicted octanol–water partition coefficient (Wildman–Crippen LogP) is 1.31. The Morgan fingerprint density at radius 1 is 1.43 bits per heavy atom. The highest BCUT2D eigenvalue weighted by Crippen LogP contribution is 2.23. The van der Waals surface area contributed by atoms with Gasteiger partial charge in [-0.05, 0) is 40.9 Å². The minimum absolute atomic E-state index is 0.262. The molecule has 3 nitrogen and oxygen atoms in total. The number of nitriles is 1. The number of hydrogen-bond acceptors (Lipinski definition) is 3. The maximum atomic E-state index is 8.75. The minimum atomic E-state index is 0.262. The number of likely N-dealkylation sites (N-methyl/N-ethyl adjacent to an activating group) is 2. The molecule has 0 saturated carbocycles. The Hall–Kier alpha value is -0.590. The van der Waals surface area contributed by atoms with Gasteiger partial charge in [0, 0.05) is 18.1 Å². The van der Waals surface area contributed by atoms with Crippen molar-refractivity contribution in [2.24, 2.45) is 0 Å². The molecule has 1 atom stereocenters. The van der Waals surface area contributed by atoms with E-state index in [4.69, 9.17) is 5.26 Å². The van der Waals surface area contributed by atoms with Crippen molar-refractivity contribution < 1.29 is 0 Å². The number of nitrogens with zero attached hydrogens (tertiary/aromatic N) is 3. The summed E-state index contributed by atoms with van der Waals surface area (Å²) in [4.78, 5) is 4.69. The summed E-state index contributed by atoms with van der Waals surface area (Å²) in [5.41, 5.74) is 0.262. The van der Waals surface area contributed by atoms with Gasteiger partial charge >= 0.3 is 0 Å². The molecule has 0 amide bonds. The van der Waals surface area contributed by atoms with E-state index in [1.54, 1.807) is 0 Å². The van der Waals surface area contributed by atoms with Gasteiger partial charge in [0.05, 0.1) is 12.5 Å². The third-order valence-electron chi connectivity index (χ3n) is 3.54. The molecule has 1 aliphatic rings. The molecule has 0 radical (unpaired) electrons. The van der Waals surface area contributed by atoms with E-state index < -0.39 is 0 Å². The summed E-state index contributed by atoms with van der Waals surface area (Å²) >= 11 is 0. The molecule has 1 heterocycles. The van der Waals surface area contributed by atoms with Gasteiger partial charge < -0.3 is 4.90 Å². The van der Waals surface area contributed by atoms with Crippen LogP contribution in [0, 0.1) is 11.3 Å². The van der Waals surface area contributed by atoms with Crippen LogP contribution in [0.1, 0.15) is 26.7 Å². The smallest absolute Gasteiger partial charge is 0.0638 e. The summed E-state index contributed by atoms with van der Waals surface area (Å²) < 4.78 is 0. The molecule has 1 unspecified atom stereocenters. The van der Waals surface area contributed by atoms with E-state index in [0.29, 0.717) is 12.5 Å². The summed E-state index contributed by atoms with van der Waals surface area (Å²) in [6, 6.07) is 2.67. The van der Waals surface area contributed by atoms with E-state index in [-0.39, 0.29) is 5.54 Å². The van der Waals surface area contributed by atoms with Crippen LogP contribution in [-0.2, 0) is 0 Å². The van der Waals surface area contributed by atoms with E-state index >= 15 is 0 Å². The number of rotatable bonds is 1. The second kappa shape index (κ2) is 4.29. The molecule has 3 heteroatoms. The van der Waals surface area contributed by atoms with Gasteiger partial charge in [0.25, 0.3) is 0 Å². The first-order chi connectivity index (χ1) is 6.47. The maximum Gasteiger partial charge on any atom is 0.0638 e. The third kappa shape index (κ3) is 2.46. The molecule has 1 saturated heterocycles. The van der Waals surface area contributed by atoms with E-state index in [9.17, 15) is 0 Å². The standard InChI is InChI=1S/C11H21N3/c1-11(2)6-8-13(3)10(5-7-12)9-14(11)4/h10H,5-6,8-9H2,1-4H3. The highest BCUT2D eigenvalue weighted by Gasteiger charge is 2.31. The van der Waals surface area contributed by atoms with E-state index in [2.05, 4.69) is 43.8 Å². The van der Waals surface area contributed by atoms with E-state index in [1.165, 1.54) is 6.42 Å². The second-order valence-corrected chi connectivity index (χ2v) is 4.94. The van der Waals surface area contributed by atoms with Crippen molar-refractivity contribution in [3.8, 4) is 6.07 Å². The van der Waals surface area contributed by atoms with Crippen LogP contribution in [0.25, 0.3) is 0 Å². The molecule has 14 heavy (non-hydrogen) atoms. The maximum absolute atomic E-state index is 8.75. The Kier molecular flexibility index (Phi) is 3.52. The molecule has 80 valence electrons. The average molecular weight is 195 g/mol. The van der Waals surface area contributed by atoms with E-state index in [0.717, 1.165) is 13.1 Å². The summed E-state index contributed by atoms with van der Waals surface area (Å²) in [6.07, 6.45) is 1.80. The van der Waals surface area contributed by atoms with Crippen molar-refractivity contribution >= 4 is 0 Å². The molecule has 0 aromatic rings. The lowest BCUT2D eigenvalue weighted by Crippen LogP contribution is -2.43. The van der Waals surface area contributed by atoms with Crippen LogP contribution in [0.2, 0.25) is 0 Å². The zero-order valence-electron chi connectivity index (χ0n) is 9.75. The lowest BCUT2D eigenvalue weighted by Gasteiger charge is -2.34. The van der Waals surface area contributed by atoms with Crippen LogP contribution < -0.4 is 0 Å². The Bertz CT molecular complexity index is 229. The first-order valence-corrected chi connectivity index (χ1v) is 5.26. The zero-order chi connectivity index (χ0) is 10.8. The molecule has 1 fully saturated rings. The third-order valence-corrected chi connectivity index (χ3v) is 3.54. The van der Waals surface area contributed by atoms with Gasteiger partial charge in [0.1, 0.15) is 0 Å². The lowest BCUT2D eigenvalue weighted by molar-refractivity contribution is 0.151. The SMILES string of the molecule is CN1CCC(C)(C)N(C)CC1CC#N. The van der Waals surface area contributed by atoms with Crippen LogP contribution >= 0.6 is 0 Å². The van der Waals surface area contributed by atoms with Crippen molar-refractivity contribution in [1.29, 1.82) is 5.26 Å². The van der Waals surface area contributed by atoms with Crippen LogP contribution in [-0.4, -0.2) is 48.6 Å². The molecule has 0 aromatic heterocycles. The monoisotopic (exact) mass is 195 g/mol. The Morgan fingerprint density at radius 3 is 2.64 bits per heavy atom. The Labute approximate surface area is 87.3 Å². The summed E-state index contributed by atoms with van der Waals surface area (Å²) in [5, 5.41) is 8.75. The van der Waals surface area contributed by atoms with Gasteiger partial charge in [0.15, 0.2) is 0 Å². The molecular formula is C11H21N3. The van der Waals surface area contributed by atoms with Gasteiger partial charge in [0.2, 0.25) is 0 Å². The van der Waals surface area contributed by atoms with Crippen molar-refractivity contribution in [2.75, 3.05) is 27.2 Å². The van der Waals surface area contributed by atoms with Gasteiger partial charge in [-0.2, -0.15) is 5.26 Å². The highest BCUT2D eigenvalue weighted by molar-refractivity contribution is 4.91. The molecule has 0 aliphatic carbocycles. The van der Waals surface area contributed by atoms with Crippen molar-refractivity contribution in [3.05, 3.63) is 0 Å². The summed E-state index contributed by atoms with van der Waals surface area (Å²) in [6.45, 7) is 6.63. The van der Waals surface area contributed by atoms with Gasteiger partial charge in [-0.3, -0.25) is 4.90 Å².